The molecule has 2 rings (SSSR count). The molecule has 1 amide bonds. The third kappa shape index (κ3) is 7.48. The van der Waals surface area contributed by atoms with Gasteiger partial charge in [0.2, 0.25) is 15.9 Å². The van der Waals surface area contributed by atoms with E-state index in [2.05, 4.69) is 11.4 Å². The van der Waals surface area contributed by atoms with Crippen molar-refractivity contribution in [2.75, 3.05) is 25.9 Å². The number of benzene rings is 1. The van der Waals surface area contributed by atoms with Gasteiger partial charge in [-0.25, -0.2) is 12.7 Å². The van der Waals surface area contributed by atoms with Crippen LogP contribution in [-0.4, -0.2) is 44.5 Å². The van der Waals surface area contributed by atoms with Crippen LogP contribution in [0.3, 0.4) is 0 Å². The zero-order valence-corrected chi connectivity index (χ0v) is 16.8. The topological polar surface area (TPSA) is 66.5 Å². The molecule has 0 spiro atoms. The van der Waals surface area contributed by atoms with E-state index < -0.39 is 10.0 Å². The molecule has 26 heavy (non-hydrogen) atoms. The lowest BCUT2D eigenvalue weighted by Gasteiger charge is -2.22. The normalized spacial score (nSPS) is 15.0. The van der Waals surface area contributed by atoms with Crippen LogP contribution in [0.2, 0.25) is 5.02 Å². The van der Waals surface area contributed by atoms with Crippen LogP contribution in [0.5, 0.6) is 0 Å². The number of carbonyl (C=O) groups is 1. The van der Waals surface area contributed by atoms with Crippen LogP contribution < -0.4 is 5.32 Å². The SMILES string of the molecule is CS(=O)(=O)N(CCNC(=O)Cc1ccc(Cl)cc1)CCC1=CCCCC1. The molecule has 0 aliphatic heterocycles. The Bertz CT molecular complexity index is 730. The summed E-state index contributed by atoms with van der Waals surface area (Å²) in [6.45, 7) is 1.06. The maximum Gasteiger partial charge on any atom is 0.224 e. The van der Waals surface area contributed by atoms with E-state index in [0.717, 1.165) is 24.8 Å². The number of hydrogen-bond donors (Lipinski definition) is 1. The molecule has 0 unspecified atom stereocenters. The van der Waals surface area contributed by atoms with Crippen LogP contribution in [0.4, 0.5) is 0 Å². The van der Waals surface area contributed by atoms with Crippen LogP contribution in [-0.2, 0) is 21.2 Å². The third-order valence-electron chi connectivity index (χ3n) is 4.50. The summed E-state index contributed by atoms with van der Waals surface area (Å²) in [7, 11) is -3.29. The van der Waals surface area contributed by atoms with Gasteiger partial charge in [0.05, 0.1) is 12.7 Å². The number of carbonyl (C=O) groups excluding carboxylic acids is 1. The van der Waals surface area contributed by atoms with Gasteiger partial charge in [0, 0.05) is 24.7 Å². The van der Waals surface area contributed by atoms with Crippen molar-refractivity contribution in [1.29, 1.82) is 0 Å². The molecule has 0 bridgehead atoms. The van der Waals surface area contributed by atoms with Crippen molar-refractivity contribution in [3.8, 4) is 0 Å². The van der Waals surface area contributed by atoms with Crippen molar-refractivity contribution >= 4 is 27.5 Å². The average Bonchev–Trinajstić information content (AvgIpc) is 2.59. The molecule has 0 fully saturated rings. The number of nitrogens with zero attached hydrogens (tertiary/aromatic N) is 1. The quantitative estimate of drug-likeness (QED) is 0.650. The van der Waals surface area contributed by atoms with E-state index in [0.29, 0.717) is 24.7 Å². The molecule has 1 aromatic rings. The molecule has 1 N–H and O–H groups in total. The van der Waals surface area contributed by atoms with Crippen LogP contribution >= 0.6 is 11.6 Å². The molecule has 144 valence electrons. The second-order valence-corrected chi connectivity index (χ2v) is 9.09. The highest BCUT2D eigenvalue weighted by atomic mass is 35.5. The van der Waals surface area contributed by atoms with Gasteiger partial charge in [-0.05, 0) is 49.8 Å². The maximum atomic E-state index is 12.0. The first-order valence-electron chi connectivity index (χ1n) is 8.99. The van der Waals surface area contributed by atoms with E-state index >= 15 is 0 Å². The van der Waals surface area contributed by atoms with Crippen molar-refractivity contribution in [3.63, 3.8) is 0 Å². The summed E-state index contributed by atoms with van der Waals surface area (Å²) in [5, 5.41) is 3.42. The molecule has 1 aliphatic rings. The summed E-state index contributed by atoms with van der Waals surface area (Å²) in [5.74, 6) is -0.129. The predicted molar refractivity (Wildman–Crippen MR) is 106 cm³/mol. The zero-order valence-electron chi connectivity index (χ0n) is 15.2. The summed E-state index contributed by atoms with van der Waals surface area (Å²) >= 11 is 5.83. The minimum atomic E-state index is -3.29. The maximum absolute atomic E-state index is 12.0. The van der Waals surface area contributed by atoms with Gasteiger partial charge >= 0.3 is 0 Å². The van der Waals surface area contributed by atoms with E-state index in [-0.39, 0.29) is 12.3 Å². The first-order valence-corrected chi connectivity index (χ1v) is 11.2. The van der Waals surface area contributed by atoms with E-state index in [9.17, 15) is 13.2 Å². The van der Waals surface area contributed by atoms with Gasteiger partial charge < -0.3 is 5.32 Å². The minimum Gasteiger partial charge on any atom is -0.354 e. The molecular formula is C19H27ClN2O3S. The lowest BCUT2D eigenvalue weighted by atomic mass is 9.97. The average molecular weight is 399 g/mol. The van der Waals surface area contributed by atoms with E-state index in [1.807, 2.05) is 12.1 Å². The fraction of sp³-hybridized carbons (Fsp3) is 0.526. The highest BCUT2D eigenvalue weighted by Gasteiger charge is 2.17. The van der Waals surface area contributed by atoms with Crippen molar-refractivity contribution in [2.24, 2.45) is 0 Å². The lowest BCUT2D eigenvalue weighted by molar-refractivity contribution is -0.120. The predicted octanol–water partition coefficient (Wildman–Crippen LogP) is 3.15. The Morgan fingerprint density at radius 3 is 2.54 bits per heavy atom. The van der Waals surface area contributed by atoms with Gasteiger partial charge in [-0.15, -0.1) is 0 Å². The Morgan fingerprint density at radius 2 is 1.92 bits per heavy atom. The monoisotopic (exact) mass is 398 g/mol. The zero-order chi connectivity index (χ0) is 19.0. The van der Waals surface area contributed by atoms with Gasteiger partial charge in [0.1, 0.15) is 0 Å². The number of halogens is 1. The molecule has 7 heteroatoms. The van der Waals surface area contributed by atoms with Crippen LogP contribution in [0, 0.1) is 0 Å². The number of sulfonamides is 1. The fourth-order valence-electron chi connectivity index (χ4n) is 3.01. The van der Waals surface area contributed by atoms with Gasteiger partial charge in [0.15, 0.2) is 0 Å². The Morgan fingerprint density at radius 1 is 1.19 bits per heavy atom. The first-order chi connectivity index (χ1) is 12.3. The summed E-state index contributed by atoms with van der Waals surface area (Å²) in [5.41, 5.74) is 2.22. The van der Waals surface area contributed by atoms with E-state index in [1.54, 1.807) is 12.1 Å². The Kier molecular flexibility index (Phi) is 8.13. The molecule has 0 heterocycles. The van der Waals surface area contributed by atoms with Gasteiger partial charge in [0.25, 0.3) is 0 Å². The number of allylic oxidation sites excluding steroid dienone is 1. The number of hydrogen-bond acceptors (Lipinski definition) is 3. The third-order valence-corrected chi connectivity index (χ3v) is 6.05. The Hall–Kier alpha value is -1.37. The summed E-state index contributed by atoms with van der Waals surface area (Å²) in [6.07, 6.45) is 9.04. The van der Waals surface area contributed by atoms with Crippen molar-refractivity contribution in [3.05, 3.63) is 46.5 Å². The molecule has 0 saturated heterocycles. The minimum absolute atomic E-state index is 0.129. The number of nitrogens with one attached hydrogen (secondary N) is 1. The second-order valence-electron chi connectivity index (χ2n) is 6.67. The Balaban J connectivity index is 1.78. The number of rotatable bonds is 9. The standard InChI is InChI=1S/C19H27ClN2O3S/c1-26(24,25)22(13-11-16-5-3-2-4-6-16)14-12-21-19(23)15-17-7-9-18(20)10-8-17/h5,7-10H,2-4,6,11-15H2,1H3,(H,21,23). The molecule has 0 saturated carbocycles. The van der Waals surface area contributed by atoms with Gasteiger partial charge in [-0.3, -0.25) is 4.79 Å². The Labute approximate surface area is 161 Å². The number of amides is 1. The van der Waals surface area contributed by atoms with Crippen molar-refractivity contribution in [1.82, 2.24) is 9.62 Å². The summed E-state index contributed by atoms with van der Waals surface area (Å²) in [6, 6.07) is 7.11. The molecule has 0 aromatic heterocycles. The van der Waals surface area contributed by atoms with E-state index in [4.69, 9.17) is 11.6 Å². The van der Waals surface area contributed by atoms with Crippen molar-refractivity contribution < 1.29 is 13.2 Å². The first kappa shape index (κ1) is 20.9. The lowest BCUT2D eigenvalue weighted by Crippen LogP contribution is -2.39. The summed E-state index contributed by atoms with van der Waals surface area (Å²) in [4.78, 5) is 12.0. The van der Waals surface area contributed by atoms with E-state index in [1.165, 1.54) is 29.0 Å². The second kappa shape index (κ2) is 10.1. The molecule has 1 aliphatic carbocycles. The molecule has 0 atom stereocenters. The fourth-order valence-corrected chi connectivity index (χ4v) is 3.99. The van der Waals surface area contributed by atoms with Crippen LogP contribution in [0.25, 0.3) is 0 Å². The molecular weight excluding hydrogens is 372 g/mol. The summed E-state index contributed by atoms with van der Waals surface area (Å²) < 4.78 is 25.4. The van der Waals surface area contributed by atoms with Crippen molar-refractivity contribution in [2.45, 2.75) is 38.5 Å². The van der Waals surface area contributed by atoms with Crippen LogP contribution in [0.15, 0.2) is 35.9 Å². The largest absolute Gasteiger partial charge is 0.354 e. The highest BCUT2D eigenvalue weighted by Crippen LogP contribution is 2.20. The van der Waals surface area contributed by atoms with Crippen LogP contribution in [0.1, 0.15) is 37.7 Å². The van der Waals surface area contributed by atoms with Gasteiger partial charge in [-0.1, -0.05) is 35.4 Å². The molecule has 5 nitrogen and oxygen atoms in total. The molecule has 0 radical (unpaired) electrons. The molecule has 1 aromatic carbocycles. The highest BCUT2D eigenvalue weighted by molar-refractivity contribution is 7.88. The smallest absolute Gasteiger partial charge is 0.224 e. The van der Waals surface area contributed by atoms with Gasteiger partial charge in [-0.2, -0.15) is 0 Å².